The van der Waals surface area contributed by atoms with Gasteiger partial charge in [0.1, 0.15) is 0 Å². The highest BCUT2D eigenvalue weighted by Crippen LogP contribution is 2.17. The minimum atomic E-state index is -0.933. The summed E-state index contributed by atoms with van der Waals surface area (Å²) in [4.78, 5) is 26.3. The molecule has 3 rings (SSSR count). The first-order valence-electron chi connectivity index (χ1n) is 5.90. The van der Waals surface area contributed by atoms with Crippen molar-refractivity contribution >= 4 is 11.7 Å². The summed E-state index contributed by atoms with van der Waals surface area (Å²) in [5.74, 6) is 0.112. The average molecular weight is 253 g/mol. The van der Waals surface area contributed by atoms with E-state index in [1.54, 1.807) is 24.3 Å². The quantitative estimate of drug-likeness (QED) is 0.624. The van der Waals surface area contributed by atoms with Gasteiger partial charge in [-0.3, -0.25) is 4.79 Å². The Morgan fingerprint density at radius 1 is 0.947 bits per heavy atom. The van der Waals surface area contributed by atoms with E-state index in [2.05, 4.69) is 4.99 Å². The number of benzene rings is 2. The monoisotopic (exact) mass is 253 g/mol. The summed E-state index contributed by atoms with van der Waals surface area (Å²) in [5, 5.41) is 0. The number of rotatable bonds is 3. The molecule has 19 heavy (non-hydrogen) atoms. The second-order valence-electron chi connectivity index (χ2n) is 4.06. The Bertz CT molecular complexity index is 608. The van der Waals surface area contributed by atoms with E-state index in [4.69, 9.17) is 9.78 Å². The molecule has 0 radical (unpaired) electrons. The topological polar surface area (TPSA) is 47.9 Å². The van der Waals surface area contributed by atoms with Gasteiger partial charge in [0.05, 0.1) is 0 Å². The number of nitrogens with zero attached hydrogens (tertiary/aromatic N) is 1. The van der Waals surface area contributed by atoms with Crippen LogP contribution < -0.4 is 0 Å². The lowest BCUT2D eigenvalue weighted by atomic mass is 10.1. The van der Waals surface area contributed by atoms with Gasteiger partial charge in [-0.1, -0.05) is 48.5 Å². The number of carbonyl (C=O) groups excluding carboxylic acids is 1. The van der Waals surface area contributed by atoms with Crippen LogP contribution in [0.15, 0.2) is 65.7 Å². The molecular formula is C15H11NO3. The SMILES string of the molecule is O=C(c1ccccc1)C1N=C(c2ccccc2)OO1. The van der Waals surface area contributed by atoms with Crippen LogP contribution in [0, 0.1) is 0 Å². The van der Waals surface area contributed by atoms with Gasteiger partial charge in [0, 0.05) is 11.1 Å². The molecule has 0 bridgehead atoms. The van der Waals surface area contributed by atoms with Crippen LogP contribution in [0.5, 0.6) is 0 Å². The van der Waals surface area contributed by atoms with E-state index in [1.807, 2.05) is 36.4 Å². The van der Waals surface area contributed by atoms with Crippen molar-refractivity contribution < 1.29 is 14.6 Å². The Morgan fingerprint density at radius 2 is 1.58 bits per heavy atom. The van der Waals surface area contributed by atoms with Gasteiger partial charge < -0.3 is 4.89 Å². The number of Topliss-reactive ketones (excluding diaryl/α,β-unsaturated/α-hetero) is 1. The van der Waals surface area contributed by atoms with Crippen LogP contribution in [0.25, 0.3) is 0 Å². The molecule has 4 nitrogen and oxygen atoms in total. The summed E-state index contributed by atoms with van der Waals surface area (Å²) >= 11 is 0. The zero-order valence-electron chi connectivity index (χ0n) is 10.0. The van der Waals surface area contributed by atoms with Gasteiger partial charge in [0.15, 0.2) is 0 Å². The molecule has 2 aromatic rings. The summed E-state index contributed by atoms with van der Waals surface area (Å²) in [5.41, 5.74) is 1.33. The van der Waals surface area contributed by atoms with Gasteiger partial charge in [0.25, 0.3) is 12.1 Å². The fraction of sp³-hybridized carbons (Fsp3) is 0.0667. The van der Waals surface area contributed by atoms with Crippen molar-refractivity contribution in [1.29, 1.82) is 0 Å². The molecular weight excluding hydrogens is 242 g/mol. The highest BCUT2D eigenvalue weighted by molar-refractivity contribution is 6.03. The van der Waals surface area contributed by atoms with Crippen LogP contribution in [0.1, 0.15) is 15.9 Å². The van der Waals surface area contributed by atoms with Gasteiger partial charge in [-0.15, -0.1) is 0 Å². The minimum absolute atomic E-state index is 0.216. The maximum atomic E-state index is 12.1. The molecule has 0 amide bonds. The third kappa shape index (κ3) is 2.39. The molecule has 0 N–H and O–H groups in total. The third-order valence-electron chi connectivity index (χ3n) is 2.76. The molecule has 1 heterocycles. The Kier molecular flexibility index (Phi) is 3.08. The van der Waals surface area contributed by atoms with Crippen LogP contribution in [-0.2, 0) is 9.78 Å². The van der Waals surface area contributed by atoms with E-state index in [-0.39, 0.29) is 5.78 Å². The third-order valence-corrected chi connectivity index (χ3v) is 2.76. The van der Waals surface area contributed by atoms with Gasteiger partial charge in [-0.2, -0.15) is 4.89 Å². The van der Waals surface area contributed by atoms with Crippen LogP contribution in [-0.4, -0.2) is 17.9 Å². The first-order chi connectivity index (χ1) is 9.34. The highest BCUT2D eigenvalue weighted by atomic mass is 17.2. The number of hydrogen-bond donors (Lipinski definition) is 0. The predicted molar refractivity (Wildman–Crippen MR) is 69.7 cm³/mol. The second-order valence-corrected chi connectivity index (χ2v) is 4.06. The van der Waals surface area contributed by atoms with Gasteiger partial charge in [-0.05, 0) is 12.1 Å². The lowest BCUT2D eigenvalue weighted by Crippen LogP contribution is -2.18. The normalized spacial score (nSPS) is 17.7. The molecule has 4 heteroatoms. The highest BCUT2D eigenvalue weighted by Gasteiger charge is 2.29. The van der Waals surface area contributed by atoms with Crippen molar-refractivity contribution in [3.05, 3.63) is 71.8 Å². The zero-order chi connectivity index (χ0) is 13.1. The molecule has 0 fully saturated rings. The van der Waals surface area contributed by atoms with Crippen molar-refractivity contribution in [2.45, 2.75) is 6.23 Å². The first-order valence-corrected chi connectivity index (χ1v) is 5.90. The number of hydrogen-bond acceptors (Lipinski definition) is 4. The summed E-state index contributed by atoms with van der Waals surface area (Å²) in [6, 6.07) is 18.2. The maximum absolute atomic E-state index is 12.1. The maximum Gasteiger partial charge on any atom is 0.262 e. The fourth-order valence-electron chi connectivity index (χ4n) is 1.79. The standard InChI is InChI=1S/C15H11NO3/c17-13(11-7-3-1-4-8-11)15-16-14(18-19-15)12-9-5-2-6-10-12/h1-10,15H. The molecule has 0 saturated carbocycles. The molecule has 1 aliphatic heterocycles. The lowest BCUT2D eigenvalue weighted by molar-refractivity contribution is -0.220. The summed E-state index contributed by atoms with van der Waals surface area (Å²) in [7, 11) is 0. The second kappa shape index (κ2) is 5.04. The minimum Gasteiger partial charge on any atom is -0.314 e. The van der Waals surface area contributed by atoms with Gasteiger partial charge in [0.2, 0.25) is 5.78 Å². The molecule has 1 unspecified atom stereocenters. The molecule has 1 atom stereocenters. The largest absolute Gasteiger partial charge is 0.314 e. The van der Waals surface area contributed by atoms with Crippen LogP contribution >= 0.6 is 0 Å². The Balaban J connectivity index is 1.82. The van der Waals surface area contributed by atoms with E-state index >= 15 is 0 Å². The first kappa shape index (κ1) is 11.6. The smallest absolute Gasteiger partial charge is 0.262 e. The van der Waals surface area contributed by atoms with Gasteiger partial charge >= 0.3 is 0 Å². The summed E-state index contributed by atoms with van der Waals surface area (Å²) in [6.07, 6.45) is -0.933. The van der Waals surface area contributed by atoms with Crippen molar-refractivity contribution in [3.8, 4) is 0 Å². The molecule has 94 valence electrons. The Hall–Kier alpha value is -2.46. The predicted octanol–water partition coefficient (Wildman–Crippen LogP) is 2.60. The molecule has 2 aromatic carbocycles. The van der Waals surface area contributed by atoms with E-state index in [0.29, 0.717) is 11.5 Å². The summed E-state index contributed by atoms with van der Waals surface area (Å²) < 4.78 is 0. The lowest BCUT2D eigenvalue weighted by Gasteiger charge is -2.02. The van der Waals surface area contributed by atoms with Crippen molar-refractivity contribution in [3.63, 3.8) is 0 Å². The molecule has 1 aliphatic rings. The van der Waals surface area contributed by atoms with Crippen molar-refractivity contribution in [1.82, 2.24) is 0 Å². The molecule has 0 aromatic heterocycles. The molecule has 0 saturated heterocycles. The average Bonchev–Trinajstić information content (AvgIpc) is 2.98. The van der Waals surface area contributed by atoms with Gasteiger partial charge in [-0.25, -0.2) is 4.99 Å². The zero-order valence-corrected chi connectivity index (χ0v) is 10.0. The number of ketones is 1. The molecule has 0 spiro atoms. The van der Waals surface area contributed by atoms with Crippen LogP contribution in [0.3, 0.4) is 0 Å². The fourth-order valence-corrected chi connectivity index (χ4v) is 1.79. The van der Waals surface area contributed by atoms with E-state index in [9.17, 15) is 4.79 Å². The van der Waals surface area contributed by atoms with Crippen molar-refractivity contribution in [2.75, 3.05) is 0 Å². The van der Waals surface area contributed by atoms with Crippen LogP contribution in [0.4, 0.5) is 0 Å². The summed E-state index contributed by atoms with van der Waals surface area (Å²) in [6.45, 7) is 0. The van der Waals surface area contributed by atoms with E-state index in [1.165, 1.54) is 0 Å². The van der Waals surface area contributed by atoms with Crippen LogP contribution in [0.2, 0.25) is 0 Å². The molecule has 0 aliphatic carbocycles. The Morgan fingerprint density at radius 3 is 2.26 bits per heavy atom. The number of carbonyl (C=O) groups is 1. The van der Waals surface area contributed by atoms with E-state index in [0.717, 1.165) is 5.56 Å². The Labute approximate surface area is 110 Å². The number of aliphatic imine (C=N–C) groups is 1. The van der Waals surface area contributed by atoms with Crippen molar-refractivity contribution in [2.24, 2.45) is 4.99 Å². The van der Waals surface area contributed by atoms with E-state index < -0.39 is 6.23 Å².